The molecule has 0 saturated carbocycles. The normalized spacial score (nSPS) is 10.8. The van der Waals surface area contributed by atoms with E-state index in [1.165, 1.54) is 29.9 Å². The predicted octanol–water partition coefficient (Wildman–Crippen LogP) is 3.19. The number of carbonyl (C=O) groups is 1. The van der Waals surface area contributed by atoms with Gasteiger partial charge in [0.1, 0.15) is 17.0 Å². The largest absolute Gasteiger partial charge is 0.304 e. The highest BCUT2D eigenvalue weighted by molar-refractivity contribution is 7.99. The maximum atomic E-state index is 12.9. The third-order valence-corrected chi connectivity index (χ3v) is 5.56. The van der Waals surface area contributed by atoms with Gasteiger partial charge in [-0.05, 0) is 43.0 Å². The van der Waals surface area contributed by atoms with E-state index >= 15 is 0 Å². The smallest absolute Gasteiger partial charge is 0.276 e. The van der Waals surface area contributed by atoms with Gasteiger partial charge in [0, 0.05) is 41.0 Å². The van der Waals surface area contributed by atoms with Gasteiger partial charge < -0.3 is 5.32 Å². The van der Waals surface area contributed by atoms with E-state index in [1.54, 1.807) is 30.2 Å². The lowest BCUT2D eigenvalue weighted by molar-refractivity contribution is 0.101. The minimum Gasteiger partial charge on any atom is -0.304 e. The second-order valence-electron chi connectivity index (χ2n) is 5.96. The lowest BCUT2D eigenvalue weighted by atomic mass is 10.3. The number of H-pyrrole nitrogens is 1. The molecule has 4 heterocycles. The Morgan fingerprint density at radius 2 is 2.03 bits per heavy atom. The van der Waals surface area contributed by atoms with Crippen LogP contribution in [0.15, 0.2) is 69.0 Å². The van der Waals surface area contributed by atoms with Crippen molar-refractivity contribution in [2.75, 3.05) is 5.32 Å². The van der Waals surface area contributed by atoms with E-state index < -0.39 is 0 Å². The molecule has 0 bridgehead atoms. The first kappa shape index (κ1) is 19.2. The molecule has 0 aliphatic rings. The highest BCUT2D eigenvalue weighted by Gasteiger charge is 2.18. The van der Waals surface area contributed by atoms with Crippen LogP contribution in [0.5, 0.6) is 0 Å². The van der Waals surface area contributed by atoms with Crippen molar-refractivity contribution in [1.82, 2.24) is 34.9 Å². The number of amides is 1. The molecule has 0 atom stereocenters. The lowest BCUT2D eigenvalue weighted by Crippen LogP contribution is -2.16. The quantitative estimate of drug-likeness (QED) is 0.485. The third kappa shape index (κ3) is 4.81. The van der Waals surface area contributed by atoms with Crippen molar-refractivity contribution in [3.63, 3.8) is 0 Å². The molecule has 9 nitrogen and oxygen atoms in total. The van der Waals surface area contributed by atoms with Crippen LogP contribution in [0.4, 0.5) is 5.82 Å². The number of nitrogens with one attached hydrogen (secondary N) is 2. The number of anilines is 1. The van der Waals surface area contributed by atoms with Gasteiger partial charge in [-0.1, -0.05) is 11.8 Å². The molecule has 11 heteroatoms. The van der Waals surface area contributed by atoms with Crippen molar-refractivity contribution in [3.05, 3.63) is 60.4 Å². The highest BCUT2D eigenvalue weighted by Crippen LogP contribution is 2.32. The topological polar surface area (TPSA) is 114 Å². The minimum absolute atomic E-state index is 0.297. The predicted molar refractivity (Wildman–Crippen MR) is 109 cm³/mol. The number of rotatable bonds is 6. The number of carbonyl (C=O) groups excluding carboxylic acids is 1. The SMILES string of the molecule is Cc1ccc(Sc2ccc(Sc3ncn[nH]3)nc2C(=O)Nc2ccn(C)n2)cn1. The Labute approximate surface area is 174 Å². The number of hydrogen-bond acceptors (Lipinski definition) is 8. The van der Waals surface area contributed by atoms with Crippen LogP contribution >= 0.6 is 23.5 Å². The Hall–Kier alpha value is -3.18. The standard InChI is InChI=1S/C18H16N8OS2/c1-11-3-4-12(9-19-11)28-13-5-6-15(29-18-20-10-21-24-18)23-16(13)17(27)22-14-7-8-26(2)25-14/h3-10H,1-2H3,(H,20,21,24)(H,22,25,27). The molecule has 4 aromatic heterocycles. The molecule has 1 amide bonds. The maximum absolute atomic E-state index is 12.9. The van der Waals surface area contributed by atoms with Gasteiger partial charge in [0.25, 0.3) is 5.91 Å². The monoisotopic (exact) mass is 424 g/mol. The summed E-state index contributed by atoms with van der Waals surface area (Å²) >= 11 is 2.72. The zero-order chi connectivity index (χ0) is 20.2. The summed E-state index contributed by atoms with van der Waals surface area (Å²) in [7, 11) is 1.79. The maximum Gasteiger partial charge on any atom is 0.276 e. The zero-order valence-electron chi connectivity index (χ0n) is 15.5. The van der Waals surface area contributed by atoms with Crippen molar-refractivity contribution < 1.29 is 4.79 Å². The van der Waals surface area contributed by atoms with Gasteiger partial charge in [-0.15, -0.1) is 0 Å². The molecule has 0 radical (unpaired) electrons. The average Bonchev–Trinajstić information content (AvgIpc) is 3.36. The van der Waals surface area contributed by atoms with Crippen molar-refractivity contribution in [2.24, 2.45) is 7.05 Å². The molecule has 0 aromatic carbocycles. The van der Waals surface area contributed by atoms with Gasteiger partial charge in [0.05, 0.1) is 0 Å². The van der Waals surface area contributed by atoms with Crippen LogP contribution in [-0.4, -0.2) is 40.8 Å². The Morgan fingerprint density at radius 1 is 1.14 bits per heavy atom. The van der Waals surface area contributed by atoms with Crippen molar-refractivity contribution in [3.8, 4) is 0 Å². The number of aryl methyl sites for hydroxylation is 2. The van der Waals surface area contributed by atoms with Crippen molar-refractivity contribution in [2.45, 2.75) is 26.9 Å². The first-order chi connectivity index (χ1) is 14.1. The minimum atomic E-state index is -0.341. The van der Waals surface area contributed by atoms with Crippen molar-refractivity contribution >= 4 is 35.2 Å². The number of aromatic nitrogens is 7. The van der Waals surface area contributed by atoms with E-state index in [-0.39, 0.29) is 5.91 Å². The number of aromatic amines is 1. The summed E-state index contributed by atoms with van der Waals surface area (Å²) in [5, 5.41) is 14.8. The molecule has 0 saturated heterocycles. The fourth-order valence-corrected chi connectivity index (χ4v) is 3.91. The second kappa shape index (κ2) is 8.45. The Morgan fingerprint density at radius 3 is 2.72 bits per heavy atom. The van der Waals surface area contributed by atoms with E-state index in [0.717, 1.165) is 10.6 Å². The van der Waals surface area contributed by atoms with Crippen LogP contribution in [0.2, 0.25) is 0 Å². The number of pyridine rings is 2. The fraction of sp³-hybridized carbons (Fsp3) is 0.111. The van der Waals surface area contributed by atoms with Crippen LogP contribution in [0, 0.1) is 6.92 Å². The zero-order valence-corrected chi connectivity index (χ0v) is 17.2. The summed E-state index contributed by atoms with van der Waals surface area (Å²) < 4.78 is 1.62. The molecule has 4 rings (SSSR count). The van der Waals surface area contributed by atoms with Crippen LogP contribution in [-0.2, 0) is 7.05 Å². The molecule has 0 aliphatic heterocycles. The van der Waals surface area contributed by atoms with Crippen LogP contribution in [0.1, 0.15) is 16.2 Å². The van der Waals surface area contributed by atoms with E-state index in [1.807, 2.05) is 31.2 Å². The van der Waals surface area contributed by atoms with Gasteiger partial charge in [-0.2, -0.15) is 10.2 Å². The molecule has 0 aliphatic carbocycles. The summed E-state index contributed by atoms with van der Waals surface area (Å²) in [6.45, 7) is 1.93. The first-order valence-corrected chi connectivity index (χ1v) is 10.2. The molecule has 0 spiro atoms. The second-order valence-corrected chi connectivity index (χ2v) is 8.08. The highest BCUT2D eigenvalue weighted by atomic mass is 32.2. The fourth-order valence-electron chi connectivity index (χ4n) is 2.37. The Balaban J connectivity index is 1.64. The summed E-state index contributed by atoms with van der Waals surface area (Å²) in [5.41, 5.74) is 1.23. The van der Waals surface area contributed by atoms with Gasteiger partial charge in [0.2, 0.25) is 0 Å². The average molecular weight is 425 g/mol. The first-order valence-electron chi connectivity index (χ1n) is 8.52. The molecule has 146 valence electrons. The van der Waals surface area contributed by atoms with Crippen LogP contribution in [0.3, 0.4) is 0 Å². The van der Waals surface area contributed by atoms with Crippen LogP contribution in [0.25, 0.3) is 0 Å². The van der Waals surface area contributed by atoms with E-state index in [9.17, 15) is 4.79 Å². The summed E-state index contributed by atoms with van der Waals surface area (Å²) in [6, 6.07) is 9.32. The lowest BCUT2D eigenvalue weighted by Gasteiger charge is -2.10. The van der Waals surface area contributed by atoms with E-state index in [4.69, 9.17) is 0 Å². The van der Waals surface area contributed by atoms with Gasteiger partial charge in [-0.25, -0.2) is 9.97 Å². The molecular formula is C18H16N8OS2. The summed E-state index contributed by atoms with van der Waals surface area (Å²) in [4.78, 5) is 27.5. The van der Waals surface area contributed by atoms with Gasteiger partial charge >= 0.3 is 0 Å². The third-order valence-electron chi connectivity index (χ3n) is 3.71. The summed E-state index contributed by atoms with van der Waals surface area (Å²) in [6.07, 6.45) is 4.95. The van der Waals surface area contributed by atoms with E-state index in [2.05, 4.69) is 35.6 Å². The number of nitrogens with zero attached hydrogens (tertiary/aromatic N) is 6. The Bertz CT molecular complexity index is 1130. The van der Waals surface area contributed by atoms with Crippen molar-refractivity contribution in [1.29, 1.82) is 0 Å². The van der Waals surface area contributed by atoms with Crippen LogP contribution < -0.4 is 5.32 Å². The molecule has 0 unspecified atom stereocenters. The summed E-state index contributed by atoms with van der Waals surface area (Å²) in [5.74, 6) is 0.117. The Kier molecular flexibility index (Phi) is 5.58. The van der Waals surface area contributed by atoms with E-state index in [0.29, 0.717) is 26.6 Å². The molecule has 0 fully saturated rings. The molecular weight excluding hydrogens is 408 g/mol. The molecule has 29 heavy (non-hydrogen) atoms. The molecule has 2 N–H and O–H groups in total. The molecule has 4 aromatic rings. The number of hydrogen-bond donors (Lipinski definition) is 2. The van der Waals surface area contributed by atoms with Gasteiger partial charge in [0.15, 0.2) is 11.0 Å². The van der Waals surface area contributed by atoms with Gasteiger partial charge in [-0.3, -0.25) is 19.6 Å².